The Hall–Kier alpha value is -3.25. The molecular formula is C24H24F3N3O3. The van der Waals surface area contributed by atoms with Gasteiger partial charge in [-0.1, -0.05) is 18.2 Å². The number of anilines is 1. The van der Waals surface area contributed by atoms with Crippen LogP contribution < -0.4 is 9.64 Å². The van der Waals surface area contributed by atoms with Crippen LogP contribution in [0.4, 0.5) is 18.9 Å². The van der Waals surface area contributed by atoms with Crippen LogP contribution in [-0.2, 0) is 11.0 Å². The van der Waals surface area contributed by atoms with E-state index in [4.69, 9.17) is 10.00 Å². The van der Waals surface area contributed by atoms with E-state index in [2.05, 4.69) is 0 Å². The van der Waals surface area contributed by atoms with Crippen molar-refractivity contribution in [1.29, 1.82) is 5.26 Å². The Morgan fingerprint density at radius 1 is 1.21 bits per heavy atom. The molecule has 0 spiro atoms. The van der Waals surface area contributed by atoms with Gasteiger partial charge in [0.2, 0.25) is 0 Å². The second kappa shape index (κ2) is 8.94. The summed E-state index contributed by atoms with van der Waals surface area (Å²) in [6.45, 7) is 1.31. The SMILES string of the molecule is N#Cc1ccc(N2CC[C@@H]3CN(C(=O)COc4ccccc4)C[C@]3(CO)C2)cc1C(F)(F)F. The first kappa shape index (κ1) is 22.9. The highest BCUT2D eigenvalue weighted by molar-refractivity contribution is 5.78. The lowest BCUT2D eigenvalue weighted by Crippen LogP contribution is -2.51. The fourth-order valence-electron chi connectivity index (χ4n) is 4.83. The molecule has 174 valence electrons. The molecule has 2 fully saturated rings. The predicted molar refractivity (Wildman–Crippen MR) is 115 cm³/mol. The molecule has 2 heterocycles. The lowest BCUT2D eigenvalue weighted by Gasteiger charge is -2.44. The molecule has 2 aromatic carbocycles. The van der Waals surface area contributed by atoms with Crippen molar-refractivity contribution in [2.75, 3.05) is 44.3 Å². The van der Waals surface area contributed by atoms with E-state index in [1.165, 1.54) is 12.1 Å². The number of ether oxygens (including phenoxy) is 1. The number of alkyl halides is 3. The number of para-hydroxylation sites is 1. The molecule has 2 aliphatic rings. The van der Waals surface area contributed by atoms with Crippen LogP contribution in [0.1, 0.15) is 17.5 Å². The van der Waals surface area contributed by atoms with Crippen LogP contribution in [0.15, 0.2) is 48.5 Å². The van der Waals surface area contributed by atoms with Gasteiger partial charge >= 0.3 is 6.18 Å². The Labute approximate surface area is 189 Å². The maximum atomic E-state index is 13.4. The average Bonchev–Trinajstić information content (AvgIpc) is 3.22. The second-order valence-corrected chi connectivity index (χ2v) is 8.64. The Bertz CT molecular complexity index is 1050. The summed E-state index contributed by atoms with van der Waals surface area (Å²) in [6, 6.07) is 14.3. The molecule has 2 aliphatic heterocycles. The van der Waals surface area contributed by atoms with Crippen LogP contribution in [0.5, 0.6) is 5.75 Å². The molecule has 1 N–H and O–H groups in total. The standard InChI is InChI=1S/C24H24F3N3O3/c25-24(26,27)21-10-19(7-6-17(21)11-28)29-9-8-18-12-30(15-23(18,14-29)16-31)22(32)13-33-20-4-2-1-3-5-20/h1-7,10,18,31H,8-9,12-16H2/t18-,23+/m1/s1. The molecule has 6 nitrogen and oxygen atoms in total. The summed E-state index contributed by atoms with van der Waals surface area (Å²) in [5.41, 5.74) is -1.67. The van der Waals surface area contributed by atoms with E-state index in [0.717, 1.165) is 6.07 Å². The van der Waals surface area contributed by atoms with E-state index in [-0.39, 0.29) is 25.0 Å². The third-order valence-corrected chi connectivity index (χ3v) is 6.63. The zero-order valence-electron chi connectivity index (χ0n) is 17.9. The predicted octanol–water partition coefficient (Wildman–Crippen LogP) is 3.30. The summed E-state index contributed by atoms with van der Waals surface area (Å²) in [5, 5.41) is 19.3. The lowest BCUT2D eigenvalue weighted by atomic mass is 9.74. The Morgan fingerprint density at radius 2 is 1.97 bits per heavy atom. The number of halogens is 3. The van der Waals surface area contributed by atoms with E-state index >= 15 is 0 Å². The average molecular weight is 459 g/mol. The van der Waals surface area contributed by atoms with E-state index in [1.807, 2.05) is 18.2 Å². The van der Waals surface area contributed by atoms with Gasteiger partial charge in [0.15, 0.2) is 6.61 Å². The third-order valence-electron chi connectivity index (χ3n) is 6.63. The molecule has 0 aromatic heterocycles. The molecule has 9 heteroatoms. The summed E-state index contributed by atoms with van der Waals surface area (Å²) in [4.78, 5) is 16.2. The summed E-state index contributed by atoms with van der Waals surface area (Å²) in [7, 11) is 0. The molecule has 0 saturated carbocycles. The van der Waals surface area contributed by atoms with Gasteiger partial charge in [-0.15, -0.1) is 0 Å². The van der Waals surface area contributed by atoms with Crippen molar-refractivity contribution < 1.29 is 27.8 Å². The number of aliphatic hydroxyl groups is 1. The molecule has 0 bridgehead atoms. The smallest absolute Gasteiger partial charge is 0.417 e. The number of aliphatic hydroxyl groups excluding tert-OH is 1. The van der Waals surface area contributed by atoms with E-state index in [1.54, 1.807) is 28.0 Å². The van der Waals surface area contributed by atoms with Gasteiger partial charge in [0, 0.05) is 37.3 Å². The quantitative estimate of drug-likeness (QED) is 0.743. The van der Waals surface area contributed by atoms with Gasteiger partial charge in [-0.3, -0.25) is 4.79 Å². The highest BCUT2D eigenvalue weighted by atomic mass is 19.4. The van der Waals surface area contributed by atoms with Gasteiger partial charge in [0.05, 0.1) is 23.8 Å². The van der Waals surface area contributed by atoms with Gasteiger partial charge in [0.1, 0.15) is 5.75 Å². The van der Waals surface area contributed by atoms with Crippen LogP contribution in [0, 0.1) is 22.7 Å². The van der Waals surface area contributed by atoms with Gasteiger partial charge in [-0.2, -0.15) is 18.4 Å². The molecule has 0 unspecified atom stereocenters. The van der Waals surface area contributed by atoms with Crippen molar-refractivity contribution in [2.24, 2.45) is 11.3 Å². The summed E-state index contributed by atoms with van der Waals surface area (Å²) < 4.78 is 45.8. The number of nitrogens with zero attached hydrogens (tertiary/aromatic N) is 3. The molecule has 2 saturated heterocycles. The van der Waals surface area contributed by atoms with Crippen LogP contribution >= 0.6 is 0 Å². The van der Waals surface area contributed by atoms with E-state index in [0.29, 0.717) is 44.0 Å². The van der Waals surface area contributed by atoms with Crippen molar-refractivity contribution in [3.05, 3.63) is 59.7 Å². The zero-order chi connectivity index (χ0) is 23.6. The number of piperidine rings is 1. The first-order valence-electron chi connectivity index (χ1n) is 10.7. The first-order valence-corrected chi connectivity index (χ1v) is 10.7. The minimum absolute atomic E-state index is 0.0416. The fourth-order valence-corrected chi connectivity index (χ4v) is 4.83. The lowest BCUT2D eigenvalue weighted by molar-refractivity contribution is -0.137. The summed E-state index contributed by atoms with van der Waals surface area (Å²) in [5.74, 6) is 0.442. The number of likely N-dealkylation sites (tertiary alicyclic amines) is 1. The third kappa shape index (κ3) is 4.62. The number of fused-ring (bicyclic) bond motifs is 1. The van der Waals surface area contributed by atoms with E-state index < -0.39 is 22.7 Å². The monoisotopic (exact) mass is 459 g/mol. The highest BCUT2D eigenvalue weighted by Crippen LogP contribution is 2.44. The summed E-state index contributed by atoms with van der Waals surface area (Å²) >= 11 is 0. The number of hydrogen-bond acceptors (Lipinski definition) is 5. The van der Waals surface area contributed by atoms with Crippen molar-refractivity contribution >= 4 is 11.6 Å². The molecular weight excluding hydrogens is 435 g/mol. The Balaban J connectivity index is 1.48. The van der Waals surface area contributed by atoms with Gasteiger partial charge in [-0.25, -0.2) is 0 Å². The van der Waals surface area contributed by atoms with Crippen molar-refractivity contribution in [1.82, 2.24) is 4.90 Å². The molecule has 0 radical (unpaired) electrons. The maximum Gasteiger partial charge on any atom is 0.417 e. The van der Waals surface area contributed by atoms with Crippen LogP contribution in [0.3, 0.4) is 0 Å². The molecule has 0 aliphatic carbocycles. The Kier molecular flexibility index (Phi) is 6.21. The topological polar surface area (TPSA) is 76.8 Å². The summed E-state index contributed by atoms with van der Waals surface area (Å²) in [6.07, 6.45) is -4.01. The minimum atomic E-state index is -4.64. The number of carbonyl (C=O) groups is 1. The van der Waals surface area contributed by atoms with Gasteiger partial charge < -0.3 is 19.6 Å². The second-order valence-electron chi connectivity index (χ2n) is 8.64. The van der Waals surface area contributed by atoms with Gasteiger partial charge in [0.25, 0.3) is 5.91 Å². The Morgan fingerprint density at radius 3 is 2.64 bits per heavy atom. The maximum absolute atomic E-state index is 13.4. The normalized spacial score (nSPS) is 22.6. The highest BCUT2D eigenvalue weighted by Gasteiger charge is 2.50. The minimum Gasteiger partial charge on any atom is -0.484 e. The zero-order valence-corrected chi connectivity index (χ0v) is 17.9. The van der Waals surface area contributed by atoms with Crippen LogP contribution in [0.25, 0.3) is 0 Å². The molecule has 2 atom stereocenters. The van der Waals surface area contributed by atoms with Gasteiger partial charge in [-0.05, 0) is 42.7 Å². The number of amides is 1. The number of hydrogen-bond donors (Lipinski definition) is 1. The molecule has 2 aromatic rings. The number of nitriles is 1. The molecule has 1 amide bonds. The number of carbonyl (C=O) groups excluding carboxylic acids is 1. The largest absolute Gasteiger partial charge is 0.484 e. The van der Waals surface area contributed by atoms with Crippen molar-refractivity contribution in [2.45, 2.75) is 12.6 Å². The van der Waals surface area contributed by atoms with Crippen molar-refractivity contribution in [3.63, 3.8) is 0 Å². The number of rotatable bonds is 5. The molecule has 33 heavy (non-hydrogen) atoms. The van der Waals surface area contributed by atoms with Crippen LogP contribution in [0.2, 0.25) is 0 Å². The van der Waals surface area contributed by atoms with Crippen LogP contribution in [-0.4, -0.2) is 55.3 Å². The fraction of sp³-hybridized carbons (Fsp3) is 0.417. The first-order chi connectivity index (χ1) is 15.8. The molecule has 4 rings (SSSR count). The van der Waals surface area contributed by atoms with E-state index in [9.17, 15) is 23.1 Å². The van der Waals surface area contributed by atoms with Crippen molar-refractivity contribution in [3.8, 4) is 11.8 Å². The number of benzene rings is 2.